The summed E-state index contributed by atoms with van der Waals surface area (Å²) in [7, 11) is -3.15. The Morgan fingerprint density at radius 3 is 2.62 bits per heavy atom. The van der Waals surface area contributed by atoms with Gasteiger partial charge < -0.3 is 5.32 Å². The molecule has 1 aromatic rings. The van der Waals surface area contributed by atoms with E-state index >= 15 is 0 Å². The molecular weight excluding hydrogens is 290 g/mol. The fourth-order valence-electron chi connectivity index (χ4n) is 2.58. The average molecular weight is 307 g/mol. The molecule has 0 spiro atoms. The summed E-state index contributed by atoms with van der Waals surface area (Å²) in [4.78, 5) is 12.1. The molecule has 21 heavy (non-hydrogen) atoms. The fraction of sp³-hybridized carbons (Fsp3) is 0.357. The van der Waals surface area contributed by atoms with E-state index < -0.39 is 15.9 Å². The van der Waals surface area contributed by atoms with Gasteiger partial charge in [-0.2, -0.15) is 0 Å². The molecule has 3 unspecified atom stereocenters. The van der Waals surface area contributed by atoms with Gasteiger partial charge in [0, 0.05) is 11.4 Å². The maximum Gasteiger partial charge on any atom is 0.239 e. The van der Waals surface area contributed by atoms with Crippen LogP contribution in [0, 0.1) is 0 Å². The molecule has 2 aliphatic heterocycles. The number of hydrazine groups is 1. The molecule has 3 N–H and O–H groups in total. The molecule has 112 valence electrons. The molecule has 0 bridgehead atoms. The van der Waals surface area contributed by atoms with Crippen molar-refractivity contribution in [3.8, 4) is 0 Å². The zero-order valence-corrected chi connectivity index (χ0v) is 12.1. The van der Waals surface area contributed by atoms with E-state index in [2.05, 4.69) is 16.2 Å². The SMILES string of the molecule is O=C(NC1C=CS(=O)(=O)C1)C1CC(c2ccccc2)NN1. The van der Waals surface area contributed by atoms with Crippen molar-refractivity contribution in [2.75, 3.05) is 5.75 Å². The molecule has 0 saturated carbocycles. The molecule has 2 aliphatic rings. The molecule has 1 saturated heterocycles. The summed E-state index contributed by atoms with van der Waals surface area (Å²) in [6.45, 7) is 0. The minimum atomic E-state index is -3.15. The number of amides is 1. The van der Waals surface area contributed by atoms with Crippen molar-refractivity contribution in [2.45, 2.75) is 24.5 Å². The van der Waals surface area contributed by atoms with Gasteiger partial charge in [-0.3, -0.25) is 4.79 Å². The Kier molecular flexibility index (Phi) is 3.79. The maximum atomic E-state index is 12.1. The number of carbonyl (C=O) groups excluding carboxylic acids is 1. The summed E-state index contributed by atoms with van der Waals surface area (Å²) < 4.78 is 22.6. The molecule has 7 heteroatoms. The van der Waals surface area contributed by atoms with Crippen molar-refractivity contribution in [2.24, 2.45) is 0 Å². The van der Waals surface area contributed by atoms with Crippen LogP contribution in [0.5, 0.6) is 0 Å². The largest absolute Gasteiger partial charge is 0.347 e. The lowest BCUT2D eigenvalue weighted by atomic mass is 10.0. The first kappa shape index (κ1) is 14.2. The molecule has 3 atom stereocenters. The Hall–Kier alpha value is -1.70. The molecule has 1 fully saturated rings. The highest BCUT2D eigenvalue weighted by molar-refractivity contribution is 7.94. The van der Waals surface area contributed by atoms with Crippen LogP contribution >= 0.6 is 0 Å². The van der Waals surface area contributed by atoms with E-state index in [1.54, 1.807) is 0 Å². The maximum absolute atomic E-state index is 12.1. The summed E-state index contributed by atoms with van der Waals surface area (Å²) in [5.74, 6) is -0.242. The van der Waals surface area contributed by atoms with Gasteiger partial charge in [0.1, 0.15) is 6.04 Å². The molecule has 6 nitrogen and oxygen atoms in total. The van der Waals surface area contributed by atoms with Crippen molar-refractivity contribution < 1.29 is 13.2 Å². The van der Waals surface area contributed by atoms with E-state index in [-0.39, 0.29) is 23.7 Å². The number of rotatable bonds is 3. The Morgan fingerprint density at radius 2 is 1.95 bits per heavy atom. The summed E-state index contributed by atoms with van der Waals surface area (Å²) >= 11 is 0. The van der Waals surface area contributed by atoms with E-state index in [9.17, 15) is 13.2 Å². The molecular formula is C14H17N3O3S. The number of hydrogen-bond acceptors (Lipinski definition) is 5. The third-order valence-corrected chi connectivity index (χ3v) is 5.07. The van der Waals surface area contributed by atoms with Crippen LogP contribution in [0.25, 0.3) is 0 Å². The number of hydrogen-bond donors (Lipinski definition) is 3. The highest BCUT2D eigenvalue weighted by Gasteiger charge is 2.32. The lowest BCUT2D eigenvalue weighted by Crippen LogP contribution is -2.47. The van der Waals surface area contributed by atoms with Crippen LogP contribution < -0.4 is 16.2 Å². The van der Waals surface area contributed by atoms with Gasteiger partial charge in [-0.15, -0.1) is 0 Å². The number of carbonyl (C=O) groups is 1. The van der Waals surface area contributed by atoms with Crippen LogP contribution in [-0.2, 0) is 14.6 Å². The van der Waals surface area contributed by atoms with Crippen LogP contribution in [0.1, 0.15) is 18.0 Å². The van der Waals surface area contributed by atoms with Gasteiger partial charge in [-0.1, -0.05) is 30.3 Å². The van der Waals surface area contributed by atoms with Gasteiger partial charge in [-0.25, -0.2) is 19.3 Å². The predicted octanol–water partition coefficient (Wildman–Crippen LogP) is 0.0211. The minimum Gasteiger partial charge on any atom is -0.347 e. The van der Waals surface area contributed by atoms with Gasteiger partial charge in [0.05, 0.1) is 11.8 Å². The highest BCUT2D eigenvalue weighted by atomic mass is 32.2. The second-order valence-corrected chi connectivity index (χ2v) is 7.24. The van der Waals surface area contributed by atoms with Crippen LogP contribution in [0.2, 0.25) is 0 Å². The third-order valence-electron chi connectivity index (χ3n) is 3.68. The fourth-order valence-corrected chi connectivity index (χ4v) is 3.82. The third kappa shape index (κ3) is 3.31. The van der Waals surface area contributed by atoms with Crippen LogP contribution in [0.3, 0.4) is 0 Å². The number of benzene rings is 1. The van der Waals surface area contributed by atoms with E-state index in [1.807, 2.05) is 30.3 Å². The summed E-state index contributed by atoms with van der Waals surface area (Å²) in [5.41, 5.74) is 7.18. The van der Waals surface area contributed by atoms with Crippen molar-refractivity contribution in [1.29, 1.82) is 0 Å². The first-order valence-corrected chi connectivity index (χ1v) is 8.52. The van der Waals surface area contributed by atoms with Crippen molar-refractivity contribution in [3.63, 3.8) is 0 Å². The smallest absolute Gasteiger partial charge is 0.239 e. The number of nitrogens with one attached hydrogen (secondary N) is 3. The quantitative estimate of drug-likeness (QED) is 0.733. The van der Waals surface area contributed by atoms with E-state index in [4.69, 9.17) is 0 Å². The molecule has 1 aromatic carbocycles. The van der Waals surface area contributed by atoms with Gasteiger partial charge >= 0.3 is 0 Å². The zero-order chi connectivity index (χ0) is 14.9. The Morgan fingerprint density at radius 1 is 1.19 bits per heavy atom. The molecule has 0 aromatic heterocycles. The van der Waals surface area contributed by atoms with E-state index in [0.29, 0.717) is 6.42 Å². The van der Waals surface area contributed by atoms with Gasteiger partial charge in [0.15, 0.2) is 9.84 Å². The standard InChI is InChI=1S/C14H17N3O3S/c18-14(15-11-6-7-21(19,20)9-11)13-8-12(16-17-13)10-4-2-1-3-5-10/h1-7,11-13,16-17H,8-9H2,(H,15,18). The normalized spacial score (nSPS) is 30.4. The molecule has 0 aliphatic carbocycles. The summed E-state index contributed by atoms with van der Waals surface area (Å²) in [6.07, 6.45) is 2.14. The van der Waals surface area contributed by atoms with Crippen molar-refractivity contribution in [3.05, 3.63) is 47.4 Å². The first-order chi connectivity index (χ1) is 10.0. The lowest BCUT2D eigenvalue weighted by molar-refractivity contribution is -0.123. The Bertz CT molecular complexity index is 657. The van der Waals surface area contributed by atoms with Gasteiger partial charge in [-0.05, 0) is 18.1 Å². The van der Waals surface area contributed by atoms with E-state index in [1.165, 1.54) is 6.08 Å². The molecule has 3 rings (SSSR count). The lowest BCUT2D eigenvalue weighted by Gasteiger charge is -2.14. The molecule has 0 radical (unpaired) electrons. The molecule has 2 heterocycles. The van der Waals surface area contributed by atoms with Gasteiger partial charge in [0.25, 0.3) is 0 Å². The summed E-state index contributed by atoms with van der Waals surface area (Å²) in [6, 6.07) is 9.15. The van der Waals surface area contributed by atoms with Crippen molar-refractivity contribution >= 4 is 15.7 Å². The average Bonchev–Trinajstić information content (AvgIpc) is 3.07. The van der Waals surface area contributed by atoms with Crippen LogP contribution in [-0.4, -0.2) is 32.2 Å². The van der Waals surface area contributed by atoms with Gasteiger partial charge in [0.2, 0.25) is 5.91 Å². The van der Waals surface area contributed by atoms with Crippen LogP contribution in [0.15, 0.2) is 41.8 Å². The van der Waals surface area contributed by atoms with E-state index in [0.717, 1.165) is 11.0 Å². The Balaban J connectivity index is 1.57. The topological polar surface area (TPSA) is 87.3 Å². The highest BCUT2D eigenvalue weighted by Crippen LogP contribution is 2.22. The van der Waals surface area contributed by atoms with Crippen LogP contribution in [0.4, 0.5) is 0 Å². The second kappa shape index (κ2) is 5.59. The monoisotopic (exact) mass is 307 g/mol. The zero-order valence-electron chi connectivity index (χ0n) is 11.3. The Labute approximate surface area is 123 Å². The number of sulfone groups is 1. The summed E-state index contributed by atoms with van der Waals surface area (Å²) in [5, 5.41) is 3.90. The first-order valence-electron chi connectivity index (χ1n) is 6.81. The molecule has 1 amide bonds. The predicted molar refractivity (Wildman–Crippen MR) is 78.7 cm³/mol. The second-order valence-electron chi connectivity index (χ2n) is 5.31. The minimum absolute atomic E-state index is 0.0546. The van der Waals surface area contributed by atoms with Crippen molar-refractivity contribution in [1.82, 2.24) is 16.2 Å².